The topological polar surface area (TPSA) is 35.2 Å². The van der Waals surface area contributed by atoms with Crippen molar-refractivity contribution in [3.05, 3.63) is 48.0 Å². The summed E-state index contributed by atoms with van der Waals surface area (Å²) in [6, 6.07) is 13.9. The lowest BCUT2D eigenvalue weighted by molar-refractivity contribution is 0.416. The van der Waals surface area contributed by atoms with E-state index in [0.717, 1.165) is 22.6 Å². The van der Waals surface area contributed by atoms with Gasteiger partial charge in [0, 0.05) is 11.3 Å². The summed E-state index contributed by atoms with van der Waals surface area (Å²) >= 11 is 0. The molecule has 0 fully saturated rings. The molecule has 2 rings (SSSR count). The largest absolute Gasteiger partial charge is 0.496 e. The van der Waals surface area contributed by atoms with Crippen LogP contribution in [0.2, 0.25) is 0 Å². The maximum atomic E-state index is 5.78. The summed E-state index contributed by atoms with van der Waals surface area (Å²) in [4.78, 5) is 0. The van der Waals surface area contributed by atoms with Gasteiger partial charge in [0.05, 0.1) is 7.11 Å². The molecule has 0 atom stereocenters. The van der Waals surface area contributed by atoms with E-state index in [9.17, 15) is 0 Å². The van der Waals surface area contributed by atoms with E-state index in [-0.39, 0.29) is 0 Å². The van der Waals surface area contributed by atoms with E-state index >= 15 is 0 Å². The van der Waals surface area contributed by atoms with E-state index in [1.165, 1.54) is 5.56 Å². The predicted octanol–water partition coefficient (Wildman–Crippen LogP) is 3.25. The van der Waals surface area contributed by atoms with Gasteiger partial charge < -0.3 is 10.5 Å². The third kappa shape index (κ3) is 2.01. The Kier molecular flexibility index (Phi) is 2.82. The summed E-state index contributed by atoms with van der Waals surface area (Å²) in [5, 5.41) is 0. The van der Waals surface area contributed by atoms with Gasteiger partial charge in [-0.05, 0) is 36.8 Å². The molecule has 0 saturated carbocycles. The van der Waals surface area contributed by atoms with Crippen molar-refractivity contribution in [2.24, 2.45) is 0 Å². The van der Waals surface area contributed by atoms with Crippen LogP contribution in [-0.2, 0) is 0 Å². The number of rotatable bonds is 2. The van der Waals surface area contributed by atoms with Gasteiger partial charge in [-0.1, -0.05) is 23.8 Å². The van der Waals surface area contributed by atoms with Crippen LogP contribution in [0.25, 0.3) is 11.1 Å². The molecule has 0 saturated heterocycles. The van der Waals surface area contributed by atoms with Crippen molar-refractivity contribution in [3.63, 3.8) is 0 Å². The number of methoxy groups -OCH3 is 1. The quantitative estimate of drug-likeness (QED) is 0.777. The second kappa shape index (κ2) is 4.27. The Morgan fingerprint density at radius 1 is 1.06 bits per heavy atom. The molecule has 82 valence electrons. The van der Waals surface area contributed by atoms with Gasteiger partial charge in [-0.25, -0.2) is 0 Å². The number of benzene rings is 2. The minimum absolute atomic E-state index is 0.765. The average molecular weight is 213 g/mol. The van der Waals surface area contributed by atoms with E-state index in [1.54, 1.807) is 7.11 Å². The highest BCUT2D eigenvalue weighted by Gasteiger charge is 2.05. The second-order valence-electron chi connectivity index (χ2n) is 3.83. The Morgan fingerprint density at radius 2 is 1.88 bits per heavy atom. The first-order chi connectivity index (χ1) is 7.70. The molecule has 16 heavy (non-hydrogen) atoms. The van der Waals surface area contributed by atoms with Crippen LogP contribution < -0.4 is 10.5 Å². The molecule has 2 aromatic carbocycles. The van der Waals surface area contributed by atoms with E-state index in [4.69, 9.17) is 10.5 Å². The standard InChI is InChI=1S/C14H15NO/c1-10-6-7-14(16-2)13(8-10)11-4-3-5-12(15)9-11/h3-9H,15H2,1-2H3. The number of hydrogen-bond acceptors (Lipinski definition) is 2. The van der Waals surface area contributed by atoms with E-state index in [0.29, 0.717) is 0 Å². The zero-order valence-corrected chi connectivity index (χ0v) is 9.53. The van der Waals surface area contributed by atoms with Gasteiger partial charge in [-0.15, -0.1) is 0 Å². The minimum Gasteiger partial charge on any atom is -0.496 e. The normalized spacial score (nSPS) is 10.1. The summed E-state index contributed by atoms with van der Waals surface area (Å²) in [5.74, 6) is 0.871. The minimum atomic E-state index is 0.765. The van der Waals surface area contributed by atoms with Crippen LogP contribution in [0, 0.1) is 6.92 Å². The lowest BCUT2D eigenvalue weighted by Gasteiger charge is -2.10. The van der Waals surface area contributed by atoms with Crippen molar-refractivity contribution < 1.29 is 4.74 Å². The molecule has 0 aliphatic carbocycles. The van der Waals surface area contributed by atoms with E-state index in [2.05, 4.69) is 13.0 Å². The van der Waals surface area contributed by atoms with E-state index < -0.39 is 0 Å². The highest BCUT2D eigenvalue weighted by molar-refractivity contribution is 5.73. The number of hydrogen-bond donors (Lipinski definition) is 1. The molecular formula is C14H15NO. The third-order valence-electron chi connectivity index (χ3n) is 2.55. The summed E-state index contributed by atoms with van der Waals surface area (Å²) < 4.78 is 5.35. The van der Waals surface area contributed by atoms with Gasteiger partial charge in [-0.2, -0.15) is 0 Å². The molecule has 0 aromatic heterocycles. The number of ether oxygens (including phenoxy) is 1. The van der Waals surface area contributed by atoms with Crippen molar-refractivity contribution in [2.75, 3.05) is 12.8 Å². The average Bonchev–Trinajstić information content (AvgIpc) is 2.29. The van der Waals surface area contributed by atoms with E-state index in [1.807, 2.05) is 36.4 Å². The molecule has 2 N–H and O–H groups in total. The Morgan fingerprint density at radius 3 is 2.56 bits per heavy atom. The van der Waals surface area contributed by atoms with Crippen LogP contribution in [-0.4, -0.2) is 7.11 Å². The Bertz CT molecular complexity index is 506. The summed E-state index contributed by atoms with van der Waals surface area (Å²) in [5.41, 5.74) is 9.92. The van der Waals surface area contributed by atoms with Gasteiger partial charge in [0.15, 0.2) is 0 Å². The zero-order chi connectivity index (χ0) is 11.5. The van der Waals surface area contributed by atoms with Gasteiger partial charge in [0.25, 0.3) is 0 Å². The summed E-state index contributed by atoms with van der Waals surface area (Å²) in [6.07, 6.45) is 0. The fourth-order valence-electron chi connectivity index (χ4n) is 1.75. The lowest BCUT2D eigenvalue weighted by atomic mass is 10.0. The Labute approximate surface area is 95.7 Å². The van der Waals surface area contributed by atoms with Crippen LogP contribution in [0.15, 0.2) is 42.5 Å². The number of aryl methyl sites for hydroxylation is 1. The summed E-state index contributed by atoms with van der Waals surface area (Å²) in [6.45, 7) is 2.06. The molecule has 0 spiro atoms. The van der Waals surface area contributed by atoms with Crippen LogP contribution in [0.1, 0.15) is 5.56 Å². The molecule has 0 radical (unpaired) electrons. The zero-order valence-electron chi connectivity index (χ0n) is 9.53. The Balaban J connectivity index is 2.58. The molecule has 2 nitrogen and oxygen atoms in total. The molecule has 2 heteroatoms. The van der Waals surface area contributed by atoms with Gasteiger partial charge in [-0.3, -0.25) is 0 Å². The first-order valence-electron chi connectivity index (χ1n) is 5.21. The maximum absolute atomic E-state index is 5.78. The van der Waals surface area contributed by atoms with Gasteiger partial charge >= 0.3 is 0 Å². The van der Waals surface area contributed by atoms with Crippen molar-refractivity contribution in [1.82, 2.24) is 0 Å². The van der Waals surface area contributed by atoms with Crippen LogP contribution in [0.4, 0.5) is 5.69 Å². The molecular weight excluding hydrogens is 198 g/mol. The van der Waals surface area contributed by atoms with Crippen molar-refractivity contribution in [2.45, 2.75) is 6.92 Å². The molecule has 0 aliphatic heterocycles. The summed E-state index contributed by atoms with van der Waals surface area (Å²) in [7, 11) is 1.68. The fraction of sp³-hybridized carbons (Fsp3) is 0.143. The predicted molar refractivity (Wildman–Crippen MR) is 67.6 cm³/mol. The molecule has 0 amide bonds. The highest BCUT2D eigenvalue weighted by atomic mass is 16.5. The van der Waals surface area contributed by atoms with Crippen molar-refractivity contribution in [3.8, 4) is 16.9 Å². The second-order valence-corrected chi connectivity index (χ2v) is 3.83. The van der Waals surface area contributed by atoms with Crippen molar-refractivity contribution >= 4 is 5.69 Å². The number of nitrogen functional groups attached to an aromatic ring is 1. The van der Waals surface area contributed by atoms with Gasteiger partial charge in [0.1, 0.15) is 5.75 Å². The molecule has 0 unspecified atom stereocenters. The van der Waals surface area contributed by atoms with Gasteiger partial charge in [0.2, 0.25) is 0 Å². The molecule has 0 heterocycles. The molecule has 2 aromatic rings. The maximum Gasteiger partial charge on any atom is 0.126 e. The fourth-order valence-corrected chi connectivity index (χ4v) is 1.75. The number of nitrogens with two attached hydrogens (primary N) is 1. The first kappa shape index (κ1) is 10.6. The highest BCUT2D eigenvalue weighted by Crippen LogP contribution is 2.31. The molecule has 0 bridgehead atoms. The SMILES string of the molecule is COc1ccc(C)cc1-c1cccc(N)c1. The smallest absolute Gasteiger partial charge is 0.126 e. The molecule has 0 aliphatic rings. The monoisotopic (exact) mass is 213 g/mol. The van der Waals surface area contributed by atoms with Crippen LogP contribution in [0.3, 0.4) is 0 Å². The van der Waals surface area contributed by atoms with Crippen LogP contribution in [0.5, 0.6) is 5.75 Å². The number of anilines is 1. The lowest BCUT2D eigenvalue weighted by Crippen LogP contribution is -1.90. The van der Waals surface area contributed by atoms with Crippen molar-refractivity contribution in [1.29, 1.82) is 0 Å². The Hall–Kier alpha value is -1.96. The first-order valence-corrected chi connectivity index (χ1v) is 5.21. The third-order valence-corrected chi connectivity index (χ3v) is 2.55. The van der Waals surface area contributed by atoms with Crippen LogP contribution >= 0.6 is 0 Å².